The Balaban J connectivity index is 1.89. The number of carbonyl (C=O) groups excluding carboxylic acids is 2. The molecule has 0 unspecified atom stereocenters. The number of esters is 2. The van der Waals surface area contributed by atoms with Gasteiger partial charge in [-0.2, -0.15) is 0 Å². The van der Waals surface area contributed by atoms with Gasteiger partial charge in [-0.05, 0) is 48.5 Å². The summed E-state index contributed by atoms with van der Waals surface area (Å²) in [6.45, 7) is 2.89. The molecular weight excluding hydrogens is 336 g/mol. The van der Waals surface area contributed by atoms with E-state index in [2.05, 4.69) is 11.3 Å². The largest absolute Gasteiger partial charge is 0.508 e. The molecule has 0 amide bonds. The first-order valence-electron chi connectivity index (χ1n) is 6.71. The van der Waals surface area contributed by atoms with Gasteiger partial charge in [-0.15, -0.1) is 0 Å². The number of halogens is 1. The van der Waals surface area contributed by atoms with Crippen molar-refractivity contribution in [2.45, 2.75) is 0 Å². The fourth-order valence-electron chi connectivity index (χ4n) is 1.60. The smallest absolute Gasteiger partial charge is 0.351 e. The summed E-state index contributed by atoms with van der Waals surface area (Å²) in [7, 11) is 0. The summed E-state index contributed by atoms with van der Waals surface area (Å²) in [6, 6.07) is 11.8. The molecule has 6 nitrogen and oxygen atoms in total. The highest BCUT2D eigenvalue weighted by atomic mass is 35.5. The lowest BCUT2D eigenvalue weighted by molar-refractivity contribution is -0.144. The van der Waals surface area contributed by atoms with E-state index in [9.17, 15) is 14.7 Å². The number of carbonyl (C=O) groups is 2. The van der Waals surface area contributed by atoms with Crippen molar-refractivity contribution in [1.82, 2.24) is 0 Å². The zero-order valence-corrected chi connectivity index (χ0v) is 13.2. The molecule has 0 spiro atoms. The Kier molecular flexibility index (Phi) is 5.81. The van der Waals surface area contributed by atoms with Crippen molar-refractivity contribution in [3.63, 3.8) is 0 Å². The molecule has 0 saturated carbocycles. The van der Waals surface area contributed by atoms with Crippen LogP contribution in [0.3, 0.4) is 0 Å². The standard InChI is InChI=1S/C17H13ClO6/c1-11(18)16(20)23-10-22-14-6-2-12(3-7-14)17(21)24-15-8-4-13(19)5-9-15/h2-9,19H,1,10H2. The second kappa shape index (κ2) is 8.03. The molecule has 0 heterocycles. The highest BCUT2D eigenvalue weighted by Gasteiger charge is 2.09. The minimum atomic E-state index is -0.772. The van der Waals surface area contributed by atoms with Gasteiger partial charge >= 0.3 is 11.9 Å². The van der Waals surface area contributed by atoms with Gasteiger partial charge < -0.3 is 19.3 Å². The summed E-state index contributed by atoms with van der Waals surface area (Å²) in [6.07, 6.45) is 0. The molecule has 0 saturated heterocycles. The van der Waals surface area contributed by atoms with Crippen molar-refractivity contribution in [2.24, 2.45) is 0 Å². The van der Waals surface area contributed by atoms with E-state index < -0.39 is 11.9 Å². The molecule has 1 N–H and O–H groups in total. The maximum Gasteiger partial charge on any atom is 0.351 e. The molecule has 0 atom stereocenters. The zero-order chi connectivity index (χ0) is 17.5. The zero-order valence-electron chi connectivity index (χ0n) is 12.4. The first-order valence-corrected chi connectivity index (χ1v) is 7.09. The molecule has 0 aromatic heterocycles. The number of phenols is 1. The average molecular weight is 349 g/mol. The third kappa shape index (κ3) is 5.03. The average Bonchev–Trinajstić information content (AvgIpc) is 2.57. The molecule has 0 fully saturated rings. The summed E-state index contributed by atoms with van der Waals surface area (Å²) in [5.41, 5.74) is 0.307. The maximum absolute atomic E-state index is 12.0. The topological polar surface area (TPSA) is 82.1 Å². The second-order valence-electron chi connectivity index (χ2n) is 4.51. The number of ether oxygens (including phenoxy) is 3. The molecular formula is C17H13ClO6. The van der Waals surface area contributed by atoms with E-state index in [1.165, 1.54) is 48.5 Å². The van der Waals surface area contributed by atoms with E-state index in [0.717, 1.165) is 0 Å². The molecule has 0 aliphatic rings. The van der Waals surface area contributed by atoms with Gasteiger partial charge in [-0.3, -0.25) is 0 Å². The maximum atomic E-state index is 12.0. The van der Waals surface area contributed by atoms with Crippen LogP contribution in [0.15, 0.2) is 60.1 Å². The van der Waals surface area contributed by atoms with E-state index in [1.807, 2.05) is 0 Å². The molecule has 124 valence electrons. The van der Waals surface area contributed by atoms with Crippen LogP contribution in [0, 0.1) is 0 Å². The van der Waals surface area contributed by atoms with Gasteiger partial charge in [0.2, 0.25) is 6.79 Å². The Bertz CT molecular complexity index is 737. The fraction of sp³-hybridized carbons (Fsp3) is 0.0588. The monoisotopic (exact) mass is 348 g/mol. The number of hydrogen-bond donors (Lipinski definition) is 1. The van der Waals surface area contributed by atoms with Crippen molar-refractivity contribution in [2.75, 3.05) is 6.79 Å². The minimum absolute atomic E-state index is 0.0785. The Labute approximate surface area is 142 Å². The predicted octanol–water partition coefficient (Wildman–Crippen LogP) is 3.24. The molecule has 0 bridgehead atoms. The third-order valence-corrected chi connectivity index (χ3v) is 2.93. The van der Waals surface area contributed by atoms with Crippen LogP contribution in [-0.2, 0) is 9.53 Å². The van der Waals surface area contributed by atoms with Crippen molar-refractivity contribution < 1.29 is 28.9 Å². The summed E-state index contributed by atoms with van der Waals surface area (Å²) < 4.78 is 15.0. The van der Waals surface area contributed by atoms with Crippen molar-refractivity contribution in [3.05, 3.63) is 65.7 Å². The van der Waals surface area contributed by atoms with Crippen LogP contribution in [0.1, 0.15) is 10.4 Å². The number of aromatic hydroxyl groups is 1. The molecule has 7 heteroatoms. The number of benzene rings is 2. The van der Waals surface area contributed by atoms with Gasteiger partial charge in [0.25, 0.3) is 0 Å². The van der Waals surface area contributed by atoms with E-state index in [-0.39, 0.29) is 17.6 Å². The first kappa shape index (κ1) is 17.4. The highest BCUT2D eigenvalue weighted by molar-refractivity contribution is 6.40. The van der Waals surface area contributed by atoms with Crippen LogP contribution in [0.2, 0.25) is 0 Å². The lowest BCUT2D eigenvalue weighted by Crippen LogP contribution is -2.10. The lowest BCUT2D eigenvalue weighted by Gasteiger charge is -2.08. The lowest BCUT2D eigenvalue weighted by atomic mass is 10.2. The van der Waals surface area contributed by atoms with Crippen LogP contribution < -0.4 is 9.47 Å². The van der Waals surface area contributed by atoms with Gasteiger partial charge in [-0.1, -0.05) is 18.2 Å². The Morgan fingerprint density at radius 2 is 1.58 bits per heavy atom. The van der Waals surface area contributed by atoms with E-state index in [1.54, 1.807) is 0 Å². The SMILES string of the molecule is C=C(Cl)C(=O)OCOc1ccc(C(=O)Oc2ccc(O)cc2)cc1. The third-order valence-electron chi connectivity index (χ3n) is 2.77. The summed E-state index contributed by atoms with van der Waals surface area (Å²) in [5.74, 6) is -0.548. The summed E-state index contributed by atoms with van der Waals surface area (Å²) in [5, 5.41) is 8.93. The van der Waals surface area contributed by atoms with Crippen molar-refractivity contribution in [3.8, 4) is 17.2 Å². The number of rotatable bonds is 6. The predicted molar refractivity (Wildman–Crippen MR) is 86.1 cm³/mol. The molecule has 0 aliphatic carbocycles. The highest BCUT2D eigenvalue weighted by Crippen LogP contribution is 2.18. The van der Waals surface area contributed by atoms with E-state index in [0.29, 0.717) is 17.1 Å². The van der Waals surface area contributed by atoms with Crippen LogP contribution >= 0.6 is 11.6 Å². The van der Waals surface area contributed by atoms with Crippen LogP contribution in [-0.4, -0.2) is 23.8 Å². The van der Waals surface area contributed by atoms with Crippen LogP contribution in [0.25, 0.3) is 0 Å². The van der Waals surface area contributed by atoms with E-state index >= 15 is 0 Å². The number of hydrogen-bond acceptors (Lipinski definition) is 6. The molecule has 0 radical (unpaired) electrons. The Morgan fingerprint density at radius 3 is 2.17 bits per heavy atom. The van der Waals surface area contributed by atoms with Crippen LogP contribution in [0.5, 0.6) is 17.2 Å². The quantitative estimate of drug-likeness (QED) is 0.373. The minimum Gasteiger partial charge on any atom is -0.508 e. The summed E-state index contributed by atoms with van der Waals surface area (Å²) >= 11 is 5.35. The molecule has 24 heavy (non-hydrogen) atoms. The molecule has 2 rings (SSSR count). The van der Waals surface area contributed by atoms with Crippen molar-refractivity contribution >= 4 is 23.5 Å². The van der Waals surface area contributed by atoms with E-state index in [4.69, 9.17) is 21.1 Å². The Morgan fingerprint density at radius 1 is 1.00 bits per heavy atom. The second-order valence-corrected chi connectivity index (χ2v) is 4.96. The fourth-order valence-corrected chi connectivity index (χ4v) is 1.65. The molecule has 2 aromatic carbocycles. The molecule has 0 aliphatic heterocycles. The van der Waals surface area contributed by atoms with Gasteiger partial charge in [0, 0.05) is 0 Å². The molecule has 2 aromatic rings. The van der Waals surface area contributed by atoms with Crippen LogP contribution in [0.4, 0.5) is 0 Å². The van der Waals surface area contributed by atoms with Gasteiger partial charge in [0.1, 0.15) is 22.3 Å². The van der Waals surface area contributed by atoms with Gasteiger partial charge in [0.15, 0.2) is 0 Å². The normalized spacial score (nSPS) is 9.88. The van der Waals surface area contributed by atoms with Crippen molar-refractivity contribution in [1.29, 1.82) is 0 Å². The van der Waals surface area contributed by atoms with Gasteiger partial charge in [-0.25, -0.2) is 9.59 Å². The first-order chi connectivity index (χ1) is 11.5. The number of phenolic OH excluding ortho intramolecular Hbond substituents is 1. The summed E-state index contributed by atoms with van der Waals surface area (Å²) in [4.78, 5) is 23.0. The van der Waals surface area contributed by atoms with Gasteiger partial charge in [0.05, 0.1) is 5.56 Å². The Hall–Kier alpha value is -2.99.